The van der Waals surface area contributed by atoms with Crippen LogP contribution in [0.3, 0.4) is 0 Å². The molecule has 0 fully saturated rings. The van der Waals surface area contributed by atoms with E-state index in [1.54, 1.807) is 0 Å². The number of oxime groups is 1. The second-order valence-electron chi connectivity index (χ2n) is 7.61. The monoisotopic (exact) mass is 531 g/mol. The first-order valence-corrected chi connectivity index (χ1v) is 11.9. The molecule has 6 heteroatoms. The highest BCUT2D eigenvalue weighted by molar-refractivity contribution is 9.28. The van der Waals surface area contributed by atoms with E-state index in [0.29, 0.717) is 19.1 Å². The number of aryl methyl sites for hydroxylation is 1. The highest BCUT2D eigenvalue weighted by Gasteiger charge is 2.13. The van der Waals surface area contributed by atoms with E-state index in [2.05, 4.69) is 69.9 Å². The van der Waals surface area contributed by atoms with Gasteiger partial charge in [-0.15, -0.1) is 0 Å². The quantitative estimate of drug-likeness (QED) is 0.139. The summed E-state index contributed by atoms with van der Waals surface area (Å²) in [6, 6.07) is 4.15. The van der Waals surface area contributed by atoms with Gasteiger partial charge in [0.05, 0.1) is 15.7 Å². The van der Waals surface area contributed by atoms with Crippen LogP contribution in [0, 0.1) is 6.92 Å². The molecule has 0 radical (unpaired) electrons. The topological polar surface area (TPSA) is 40.0 Å². The molecule has 0 bridgehead atoms. The van der Waals surface area contributed by atoms with Crippen molar-refractivity contribution in [2.45, 2.75) is 72.6 Å². The smallest absolute Gasteiger partial charge is 0.125 e. The molecular formula is C23H35Br2NO3. The zero-order valence-electron chi connectivity index (χ0n) is 18.4. The molecule has 1 aromatic carbocycles. The molecule has 0 saturated carbocycles. The Balaban J connectivity index is 2.42. The maximum atomic E-state index is 6.17. The van der Waals surface area contributed by atoms with Crippen molar-refractivity contribution in [3.63, 3.8) is 0 Å². The first-order valence-electron chi connectivity index (χ1n) is 10.4. The summed E-state index contributed by atoms with van der Waals surface area (Å²) in [6.07, 6.45) is 7.57. The molecule has 0 heterocycles. The minimum absolute atomic E-state index is 0.375. The number of halogens is 2. The fourth-order valence-electron chi connectivity index (χ4n) is 2.83. The highest BCUT2D eigenvalue weighted by atomic mass is 79.9. The molecular weight excluding hydrogens is 498 g/mol. The SMILES string of the molecule is CC(C)=NOCCCCCCCOc1c(C)cc(OCC=C(Br)Br)cc1C(C)C. The lowest BCUT2D eigenvalue weighted by molar-refractivity contribution is 0.139. The van der Waals surface area contributed by atoms with Gasteiger partial charge in [0.1, 0.15) is 24.7 Å². The van der Waals surface area contributed by atoms with E-state index in [1.807, 2.05) is 19.9 Å². The number of nitrogens with zero attached hydrogens (tertiary/aromatic N) is 1. The number of rotatable bonds is 14. The van der Waals surface area contributed by atoms with Crippen LogP contribution < -0.4 is 9.47 Å². The average molecular weight is 533 g/mol. The summed E-state index contributed by atoms with van der Waals surface area (Å²) in [4.78, 5) is 5.22. The Morgan fingerprint density at radius 1 is 1.00 bits per heavy atom. The molecule has 0 amide bonds. The van der Waals surface area contributed by atoms with Crippen molar-refractivity contribution in [2.24, 2.45) is 5.16 Å². The molecule has 0 unspecified atom stereocenters. The molecule has 0 atom stereocenters. The fourth-order valence-corrected chi connectivity index (χ4v) is 3.09. The molecule has 164 valence electrons. The summed E-state index contributed by atoms with van der Waals surface area (Å²) >= 11 is 6.69. The molecule has 0 saturated heterocycles. The fraction of sp³-hybridized carbons (Fsp3) is 0.609. The lowest BCUT2D eigenvalue weighted by Crippen LogP contribution is -2.05. The van der Waals surface area contributed by atoms with Gasteiger partial charge in [0, 0.05) is 5.56 Å². The van der Waals surface area contributed by atoms with Crippen LogP contribution in [0.4, 0.5) is 0 Å². The lowest BCUT2D eigenvalue weighted by Gasteiger charge is -2.18. The predicted octanol–water partition coefficient (Wildman–Crippen LogP) is 7.87. The van der Waals surface area contributed by atoms with Gasteiger partial charge in [0.2, 0.25) is 0 Å². The molecule has 0 spiro atoms. The first kappa shape index (κ1) is 26.0. The zero-order chi connectivity index (χ0) is 21.6. The third-order valence-electron chi connectivity index (χ3n) is 4.26. The second-order valence-corrected chi connectivity index (χ2v) is 10.4. The van der Waals surface area contributed by atoms with Crippen LogP contribution in [0.25, 0.3) is 0 Å². The van der Waals surface area contributed by atoms with Gasteiger partial charge >= 0.3 is 0 Å². The van der Waals surface area contributed by atoms with Crippen LogP contribution in [0.15, 0.2) is 26.8 Å². The van der Waals surface area contributed by atoms with Crippen molar-refractivity contribution in [3.05, 3.63) is 32.7 Å². The number of hydrogen-bond acceptors (Lipinski definition) is 4. The van der Waals surface area contributed by atoms with Crippen molar-refractivity contribution in [1.82, 2.24) is 0 Å². The Morgan fingerprint density at radius 2 is 1.66 bits per heavy atom. The number of ether oxygens (including phenoxy) is 2. The number of benzene rings is 1. The Bertz CT molecular complexity index is 664. The molecule has 1 rings (SSSR count). The summed E-state index contributed by atoms with van der Waals surface area (Å²) in [5.74, 6) is 2.26. The third kappa shape index (κ3) is 11.7. The van der Waals surface area contributed by atoms with Gasteiger partial charge in [-0.05, 0) is 102 Å². The summed E-state index contributed by atoms with van der Waals surface area (Å²) in [7, 11) is 0. The highest BCUT2D eigenvalue weighted by Crippen LogP contribution is 2.34. The van der Waals surface area contributed by atoms with E-state index in [4.69, 9.17) is 14.3 Å². The van der Waals surface area contributed by atoms with Gasteiger partial charge in [-0.1, -0.05) is 31.8 Å². The lowest BCUT2D eigenvalue weighted by atomic mass is 9.99. The van der Waals surface area contributed by atoms with Crippen molar-refractivity contribution in [2.75, 3.05) is 19.8 Å². The van der Waals surface area contributed by atoms with Crippen LogP contribution in [0.2, 0.25) is 0 Å². The molecule has 29 heavy (non-hydrogen) atoms. The van der Waals surface area contributed by atoms with E-state index < -0.39 is 0 Å². The molecule has 0 N–H and O–H groups in total. The van der Waals surface area contributed by atoms with Crippen molar-refractivity contribution >= 4 is 37.6 Å². The maximum Gasteiger partial charge on any atom is 0.125 e. The van der Waals surface area contributed by atoms with E-state index in [9.17, 15) is 0 Å². The Kier molecular flexibility index (Phi) is 13.4. The van der Waals surface area contributed by atoms with E-state index in [0.717, 1.165) is 45.6 Å². The van der Waals surface area contributed by atoms with Crippen LogP contribution in [0.5, 0.6) is 11.5 Å². The normalized spacial score (nSPS) is 10.6. The summed E-state index contributed by atoms with van der Waals surface area (Å²) < 4.78 is 12.9. The van der Waals surface area contributed by atoms with Crippen molar-refractivity contribution in [1.29, 1.82) is 0 Å². The van der Waals surface area contributed by atoms with Gasteiger partial charge in [-0.2, -0.15) is 0 Å². The van der Waals surface area contributed by atoms with Gasteiger partial charge in [-0.25, -0.2) is 0 Å². The molecule has 1 aromatic rings. The van der Waals surface area contributed by atoms with Crippen LogP contribution in [-0.4, -0.2) is 25.5 Å². The van der Waals surface area contributed by atoms with Crippen LogP contribution >= 0.6 is 31.9 Å². The molecule has 0 aliphatic heterocycles. The van der Waals surface area contributed by atoms with E-state index >= 15 is 0 Å². The van der Waals surface area contributed by atoms with Gasteiger partial charge < -0.3 is 14.3 Å². The Hall–Kier alpha value is -1.01. The minimum Gasteiger partial charge on any atom is -0.493 e. The third-order valence-corrected chi connectivity index (χ3v) is 4.91. The minimum atomic E-state index is 0.375. The maximum absolute atomic E-state index is 6.17. The second kappa shape index (κ2) is 14.9. The number of unbranched alkanes of at least 4 members (excludes halogenated alkanes) is 4. The van der Waals surface area contributed by atoms with Crippen LogP contribution in [0.1, 0.15) is 76.8 Å². The molecule has 0 aliphatic carbocycles. The summed E-state index contributed by atoms with van der Waals surface area (Å²) in [6.45, 7) is 12.3. The van der Waals surface area contributed by atoms with Gasteiger partial charge in [-0.3, -0.25) is 0 Å². The molecule has 0 aromatic heterocycles. The standard InChI is InChI=1S/C23H35Br2NO3/c1-17(2)21-16-20(27-14-11-22(24)25)15-19(5)23(21)28-12-9-7-6-8-10-13-29-26-18(3)4/h11,15-17H,6-10,12-14H2,1-5H3. The largest absolute Gasteiger partial charge is 0.493 e. The van der Waals surface area contributed by atoms with Gasteiger partial charge in [0.15, 0.2) is 0 Å². The van der Waals surface area contributed by atoms with E-state index in [1.165, 1.54) is 24.8 Å². The zero-order valence-corrected chi connectivity index (χ0v) is 21.6. The number of hydrogen-bond donors (Lipinski definition) is 0. The Labute approximate surface area is 193 Å². The predicted molar refractivity (Wildman–Crippen MR) is 130 cm³/mol. The summed E-state index contributed by atoms with van der Waals surface area (Å²) in [5, 5.41) is 3.95. The van der Waals surface area contributed by atoms with Crippen molar-refractivity contribution < 1.29 is 14.3 Å². The Morgan fingerprint density at radius 3 is 2.28 bits per heavy atom. The summed E-state index contributed by atoms with van der Waals surface area (Å²) in [5.41, 5.74) is 3.28. The molecule has 4 nitrogen and oxygen atoms in total. The van der Waals surface area contributed by atoms with E-state index in [-0.39, 0.29) is 0 Å². The van der Waals surface area contributed by atoms with Gasteiger partial charge in [0.25, 0.3) is 0 Å². The van der Waals surface area contributed by atoms with Crippen molar-refractivity contribution in [3.8, 4) is 11.5 Å². The first-order chi connectivity index (χ1) is 13.8. The van der Waals surface area contributed by atoms with Crippen LogP contribution in [-0.2, 0) is 4.84 Å². The average Bonchev–Trinajstić information content (AvgIpc) is 2.63. The molecule has 0 aliphatic rings.